The van der Waals surface area contributed by atoms with Crippen LogP contribution in [-0.4, -0.2) is 0 Å². The summed E-state index contributed by atoms with van der Waals surface area (Å²) in [5.74, 6) is -0.134. The predicted molar refractivity (Wildman–Crippen MR) is 87.8 cm³/mol. The molecule has 2 rings (SSSR count). The molecule has 1 atom stereocenters. The van der Waals surface area contributed by atoms with E-state index in [4.69, 9.17) is 5.73 Å². The fourth-order valence-electron chi connectivity index (χ4n) is 3.58. The van der Waals surface area contributed by atoms with Gasteiger partial charge in [-0.05, 0) is 42.5 Å². The van der Waals surface area contributed by atoms with Crippen molar-refractivity contribution in [3.8, 4) is 0 Å². The Kier molecular flexibility index (Phi) is 6.22. The third-order valence-corrected chi connectivity index (χ3v) is 4.92. The molecule has 0 radical (unpaired) electrons. The smallest absolute Gasteiger partial charge is 0.123 e. The second kappa shape index (κ2) is 7.93. The van der Waals surface area contributed by atoms with Gasteiger partial charge in [0.25, 0.3) is 0 Å². The first-order chi connectivity index (χ1) is 10.2. The predicted octanol–water partition coefficient (Wildman–Crippen LogP) is 5.46. The van der Waals surface area contributed by atoms with Crippen molar-refractivity contribution >= 4 is 0 Å². The van der Waals surface area contributed by atoms with Crippen LogP contribution in [-0.2, 0) is 12.0 Å². The lowest BCUT2D eigenvalue weighted by atomic mass is 9.87. The minimum atomic E-state index is -0.203. The Morgan fingerprint density at radius 3 is 2.43 bits per heavy atom. The van der Waals surface area contributed by atoms with Crippen molar-refractivity contribution in [1.29, 1.82) is 0 Å². The fourth-order valence-corrected chi connectivity index (χ4v) is 3.58. The molecule has 1 aromatic rings. The molecule has 118 valence electrons. The first-order valence-corrected chi connectivity index (χ1v) is 8.73. The van der Waals surface area contributed by atoms with Gasteiger partial charge in [0.15, 0.2) is 0 Å². The zero-order valence-corrected chi connectivity index (χ0v) is 13.5. The molecule has 0 heterocycles. The van der Waals surface area contributed by atoms with Crippen LogP contribution < -0.4 is 5.73 Å². The van der Waals surface area contributed by atoms with Crippen LogP contribution in [0.3, 0.4) is 0 Å². The first kappa shape index (κ1) is 16.5. The van der Waals surface area contributed by atoms with E-state index in [0.717, 1.165) is 24.8 Å². The van der Waals surface area contributed by atoms with Gasteiger partial charge in [0.2, 0.25) is 0 Å². The molecule has 0 bridgehead atoms. The largest absolute Gasteiger partial charge is 0.321 e. The first-order valence-electron chi connectivity index (χ1n) is 8.73. The van der Waals surface area contributed by atoms with E-state index in [0.29, 0.717) is 0 Å². The second-order valence-electron chi connectivity index (χ2n) is 6.68. The molecule has 0 spiro atoms. The van der Waals surface area contributed by atoms with E-state index in [1.54, 1.807) is 12.1 Å². The summed E-state index contributed by atoms with van der Waals surface area (Å²) in [6, 6.07) is 5.12. The number of aryl methyl sites for hydroxylation is 1. The van der Waals surface area contributed by atoms with E-state index in [9.17, 15) is 4.39 Å². The van der Waals surface area contributed by atoms with Gasteiger partial charge in [0.1, 0.15) is 5.82 Å². The molecule has 0 fully saturated rings. The van der Waals surface area contributed by atoms with Gasteiger partial charge in [-0.3, -0.25) is 0 Å². The molecule has 1 nitrogen and oxygen atoms in total. The number of nitrogens with two attached hydrogens (primary N) is 1. The third kappa shape index (κ3) is 4.54. The van der Waals surface area contributed by atoms with Crippen LogP contribution in [0.5, 0.6) is 0 Å². The topological polar surface area (TPSA) is 26.0 Å². The lowest BCUT2D eigenvalue weighted by Gasteiger charge is -2.25. The van der Waals surface area contributed by atoms with Gasteiger partial charge in [-0.15, -0.1) is 0 Å². The van der Waals surface area contributed by atoms with E-state index in [1.165, 1.54) is 56.9 Å². The Morgan fingerprint density at radius 1 is 1.05 bits per heavy atom. The molecule has 1 aromatic carbocycles. The van der Waals surface area contributed by atoms with Crippen molar-refractivity contribution in [2.75, 3.05) is 0 Å². The lowest BCUT2D eigenvalue weighted by molar-refractivity contribution is 0.383. The Balaban J connectivity index is 1.70. The molecule has 2 heteroatoms. The molecule has 0 saturated carbocycles. The van der Waals surface area contributed by atoms with Crippen LogP contribution in [0.1, 0.15) is 82.3 Å². The summed E-state index contributed by atoms with van der Waals surface area (Å²) in [5.41, 5.74) is 8.68. The summed E-state index contributed by atoms with van der Waals surface area (Å²) in [6.07, 6.45) is 13.6. The van der Waals surface area contributed by atoms with E-state index in [2.05, 4.69) is 6.92 Å². The van der Waals surface area contributed by atoms with Crippen molar-refractivity contribution in [3.05, 3.63) is 35.1 Å². The lowest BCUT2D eigenvalue weighted by Crippen LogP contribution is -2.33. The maximum absolute atomic E-state index is 13.3. The number of unbranched alkanes of at least 4 members (excludes halogenated alkanes) is 7. The van der Waals surface area contributed by atoms with Gasteiger partial charge in [0, 0.05) is 5.54 Å². The molecule has 21 heavy (non-hydrogen) atoms. The quantitative estimate of drug-likeness (QED) is 0.601. The Hall–Kier alpha value is -0.890. The van der Waals surface area contributed by atoms with Crippen LogP contribution in [0.25, 0.3) is 0 Å². The molecule has 0 amide bonds. The number of hydrogen-bond donors (Lipinski definition) is 1. The third-order valence-electron chi connectivity index (χ3n) is 4.92. The summed E-state index contributed by atoms with van der Waals surface area (Å²) >= 11 is 0. The van der Waals surface area contributed by atoms with Gasteiger partial charge in [0.05, 0.1) is 0 Å². The maximum Gasteiger partial charge on any atom is 0.123 e. The number of rotatable bonds is 9. The summed E-state index contributed by atoms with van der Waals surface area (Å²) in [7, 11) is 0. The average Bonchev–Trinajstić information content (AvgIpc) is 2.79. The van der Waals surface area contributed by atoms with Gasteiger partial charge in [-0.2, -0.15) is 0 Å². The highest BCUT2D eigenvalue weighted by Gasteiger charge is 2.34. The molecular weight excluding hydrogens is 261 g/mol. The van der Waals surface area contributed by atoms with Gasteiger partial charge < -0.3 is 5.73 Å². The fraction of sp³-hybridized carbons (Fsp3) is 0.684. The SMILES string of the molecule is CCCCCCCCCCC1(N)CCc2cc(F)ccc21. The van der Waals surface area contributed by atoms with Crippen LogP contribution in [0.4, 0.5) is 4.39 Å². The van der Waals surface area contributed by atoms with E-state index in [-0.39, 0.29) is 11.4 Å². The highest BCUT2D eigenvalue weighted by molar-refractivity contribution is 5.38. The Morgan fingerprint density at radius 2 is 1.71 bits per heavy atom. The minimum absolute atomic E-state index is 0.134. The average molecular weight is 291 g/mol. The van der Waals surface area contributed by atoms with Gasteiger partial charge >= 0.3 is 0 Å². The molecule has 0 aliphatic heterocycles. The summed E-state index contributed by atoms with van der Waals surface area (Å²) in [6.45, 7) is 2.26. The monoisotopic (exact) mass is 291 g/mol. The molecule has 2 N–H and O–H groups in total. The van der Waals surface area contributed by atoms with Gasteiger partial charge in [-0.25, -0.2) is 4.39 Å². The van der Waals surface area contributed by atoms with Crippen LogP contribution in [0, 0.1) is 5.82 Å². The molecule has 0 saturated heterocycles. The highest BCUT2D eigenvalue weighted by Crippen LogP contribution is 2.38. The Bertz CT molecular complexity index is 443. The number of halogens is 1. The van der Waals surface area contributed by atoms with Crippen LogP contribution >= 0.6 is 0 Å². The van der Waals surface area contributed by atoms with Crippen molar-refractivity contribution in [3.63, 3.8) is 0 Å². The van der Waals surface area contributed by atoms with Crippen LogP contribution in [0.2, 0.25) is 0 Å². The second-order valence-corrected chi connectivity index (χ2v) is 6.68. The Labute approximate surface area is 129 Å². The maximum atomic E-state index is 13.3. The number of benzene rings is 1. The van der Waals surface area contributed by atoms with E-state index >= 15 is 0 Å². The van der Waals surface area contributed by atoms with Crippen LogP contribution in [0.15, 0.2) is 18.2 Å². The van der Waals surface area contributed by atoms with Crippen molar-refractivity contribution < 1.29 is 4.39 Å². The van der Waals surface area contributed by atoms with Crippen molar-refractivity contribution in [1.82, 2.24) is 0 Å². The summed E-state index contributed by atoms with van der Waals surface area (Å²) in [4.78, 5) is 0. The molecular formula is C19H30FN. The molecule has 0 aromatic heterocycles. The molecule has 1 unspecified atom stereocenters. The molecule has 1 aliphatic rings. The van der Waals surface area contributed by atoms with Crippen molar-refractivity contribution in [2.24, 2.45) is 5.73 Å². The van der Waals surface area contributed by atoms with Gasteiger partial charge in [-0.1, -0.05) is 64.4 Å². The minimum Gasteiger partial charge on any atom is -0.321 e. The summed E-state index contributed by atoms with van der Waals surface area (Å²) in [5, 5.41) is 0. The standard InChI is InChI=1S/C19H30FN/c1-2-3-4-5-6-7-8-9-13-19(21)14-12-16-15-17(20)10-11-18(16)19/h10-11,15H,2-9,12-14,21H2,1H3. The zero-order valence-electron chi connectivity index (χ0n) is 13.5. The highest BCUT2D eigenvalue weighted by atomic mass is 19.1. The zero-order chi connectivity index (χ0) is 15.1. The van der Waals surface area contributed by atoms with E-state index < -0.39 is 0 Å². The van der Waals surface area contributed by atoms with Crippen molar-refractivity contribution in [2.45, 2.75) is 83.1 Å². The summed E-state index contributed by atoms with van der Waals surface area (Å²) < 4.78 is 13.3. The normalized spacial score (nSPS) is 20.7. The molecule has 1 aliphatic carbocycles. The number of hydrogen-bond acceptors (Lipinski definition) is 1. The van der Waals surface area contributed by atoms with E-state index in [1.807, 2.05) is 6.07 Å². The number of fused-ring (bicyclic) bond motifs is 1.